The number of rotatable bonds is 9. The van der Waals surface area contributed by atoms with Crippen LogP contribution in [0.4, 0.5) is 0 Å². The molecule has 0 bridgehead atoms. The molecule has 32 heavy (non-hydrogen) atoms. The quantitative estimate of drug-likeness (QED) is 0.217. The molecule has 1 amide bonds. The molecule has 1 heterocycles. The Morgan fingerprint density at radius 3 is 2.25 bits per heavy atom. The lowest BCUT2D eigenvalue weighted by atomic mass is 9.95. The van der Waals surface area contributed by atoms with Gasteiger partial charge >= 0.3 is 0 Å². The highest BCUT2D eigenvalue weighted by atomic mass is 127. The zero-order valence-electron chi connectivity index (χ0n) is 18.7. The van der Waals surface area contributed by atoms with E-state index in [0.29, 0.717) is 17.9 Å². The highest BCUT2D eigenvalue weighted by Gasteiger charge is 2.45. The number of carbonyl (C=O) groups is 2. The van der Waals surface area contributed by atoms with Crippen LogP contribution in [-0.4, -0.2) is 59.9 Å². The Morgan fingerprint density at radius 2 is 1.69 bits per heavy atom. The summed E-state index contributed by atoms with van der Waals surface area (Å²) in [5.74, 6) is -0.735. The molecule has 1 atom stereocenters. The fourth-order valence-corrected chi connectivity index (χ4v) is 4.37. The van der Waals surface area contributed by atoms with Gasteiger partial charge in [0.15, 0.2) is 0 Å². The van der Waals surface area contributed by atoms with Crippen molar-refractivity contribution in [3.05, 3.63) is 68.8 Å². The lowest BCUT2D eigenvalue weighted by molar-refractivity contribution is -0.140. The first-order valence-electron chi connectivity index (χ1n) is 10.8. The molecular weight excluding hydrogens is 519 g/mol. The molecule has 6 nitrogen and oxygen atoms in total. The molecule has 2 aromatic rings. The number of ether oxygens (including phenoxy) is 1. The molecule has 3 rings (SSSR count). The van der Waals surface area contributed by atoms with Crippen LogP contribution in [-0.2, 0) is 9.59 Å². The highest BCUT2D eigenvalue weighted by molar-refractivity contribution is 14.1. The van der Waals surface area contributed by atoms with Crippen LogP contribution in [0.2, 0.25) is 0 Å². The summed E-state index contributed by atoms with van der Waals surface area (Å²) in [6, 6.07) is 13.9. The summed E-state index contributed by atoms with van der Waals surface area (Å²) in [6.07, 6.45) is 0.748. The van der Waals surface area contributed by atoms with Crippen LogP contribution < -0.4 is 4.74 Å². The SMILES string of the molecule is CCN(CC)CCCN1C(=O)C(=O)C(=C(O)c2ccc(OC)cc2)C1c1ccc(I)cc1. The summed E-state index contributed by atoms with van der Waals surface area (Å²) >= 11 is 2.22. The molecule has 0 spiro atoms. The van der Waals surface area contributed by atoms with Crippen LogP contribution in [0.5, 0.6) is 5.75 Å². The molecule has 1 N–H and O–H groups in total. The maximum atomic E-state index is 13.1. The fourth-order valence-electron chi connectivity index (χ4n) is 4.01. The summed E-state index contributed by atoms with van der Waals surface area (Å²) in [4.78, 5) is 30.0. The molecule has 1 unspecified atom stereocenters. The molecule has 7 heteroatoms. The van der Waals surface area contributed by atoms with E-state index >= 15 is 0 Å². The fraction of sp³-hybridized carbons (Fsp3) is 0.360. The Labute approximate surface area is 203 Å². The first-order chi connectivity index (χ1) is 15.4. The van der Waals surface area contributed by atoms with Gasteiger partial charge in [0.05, 0.1) is 18.7 Å². The lowest BCUT2D eigenvalue weighted by Gasteiger charge is -2.27. The molecule has 2 aromatic carbocycles. The zero-order chi connectivity index (χ0) is 23.3. The number of likely N-dealkylation sites (tertiary alicyclic amines) is 1. The van der Waals surface area contributed by atoms with Crippen molar-refractivity contribution in [1.29, 1.82) is 0 Å². The van der Waals surface area contributed by atoms with Crippen LogP contribution in [0, 0.1) is 3.57 Å². The maximum absolute atomic E-state index is 13.1. The average Bonchev–Trinajstić information content (AvgIpc) is 3.07. The van der Waals surface area contributed by atoms with E-state index in [1.54, 1.807) is 36.3 Å². The van der Waals surface area contributed by atoms with Crippen LogP contribution in [0.25, 0.3) is 5.76 Å². The first-order valence-corrected chi connectivity index (χ1v) is 11.9. The van der Waals surface area contributed by atoms with Crippen molar-refractivity contribution in [3.63, 3.8) is 0 Å². The number of nitrogens with zero attached hydrogens (tertiary/aromatic N) is 2. The van der Waals surface area contributed by atoms with E-state index in [1.165, 1.54) is 0 Å². The molecule has 1 saturated heterocycles. The van der Waals surface area contributed by atoms with Crippen LogP contribution in [0.1, 0.15) is 37.4 Å². The zero-order valence-corrected chi connectivity index (χ0v) is 20.8. The summed E-state index contributed by atoms with van der Waals surface area (Å²) in [5, 5.41) is 11.1. The normalized spacial score (nSPS) is 17.9. The van der Waals surface area contributed by atoms with Gasteiger partial charge < -0.3 is 19.6 Å². The lowest BCUT2D eigenvalue weighted by Crippen LogP contribution is -2.33. The molecule has 0 aliphatic carbocycles. The van der Waals surface area contributed by atoms with Gasteiger partial charge in [0.1, 0.15) is 11.5 Å². The van der Waals surface area contributed by atoms with Crippen molar-refractivity contribution in [2.45, 2.75) is 26.3 Å². The third kappa shape index (κ3) is 5.15. The predicted octanol–water partition coefficient (Wildman–Crippen LogP) is 4.45. The third-order valence-electron chi connectivity index (χ3n) is 5.86. The van der Waals surface area contributed by atoms with Gasteiger partial charge in [-0.3, -0.25) is 9.59 Å². The van der Waals surface area contributed by atoms with Gasteiger partial charge in [-0.2, -0.15) is 0 Å². The summed E-state index contributed by atoms with van der Waals surface area (Å²) in [6.45, 7) is 7.37. The summed E-state index contributed by atoms with van der Waals surface area (Å²) in [5.41, 5.74) is 1.41. The predicted molar refractivity (Wildman–Crippen MR) is 134 cm³/mol. The molecule has 170 valence electrons. The number of carbonyl (C=O) groups excluding carboxylic acids is 2. The number of methoxy groups -OCH3 is 1. The minimum absolute atomic E-state index is 0.129. The van der Waals surface area contributed by atoms with Gasteiger partial charge in [0, 0.05) is 15.7 Å². The number of hydrogen-bond acceptors (Lipinski definition) is 5. The molecule has 1 aliphatic rings. The Hall–Kier alpha value is -2.39. The second-order valence-corrected chi connectivity index (χ2v) is 8.90. The smallest absolute Gasteiger partial charge is 0.295 e. The van der Waals surface area contributed by atoms with Gasteiger partial charge in [-0.15, -0.1) is 0 Å². The number of hydrogen-bond donors (Lipinski definition) is 1. The monoisotopic (exact) mass is 548 g/mol. The van der Waals surface area contributed by atoms with Crippen LogP contribution in [0.3, 0.4) is 0 Å². The van der Waals surface area contributed by atoms with E-state index in [9.17, 15) is 14.7 Å². The minimum atomic E-state index is -0.648. The molecule has 1 aliphatic heterocycles. The molecule has 0 saturated carbocycles. The molecule has 1 fully saturated rings. The standard InChI is InChI=1S/C25H29IN2O4/c1-4-27(5-2)15-6-16-28-22(17-7-11-19(26)12-8-17)21(24(30)25(28)31)23(29)18-9-13-20(32-3)14-10-18/h7-14,22,29H,4-6,15-16H2,1-3H3. The first kappa shape index (κ1) is 24.3. The molecule has 0 aromatic heterocycles. The number of ketones is 1. The van der Waals surface area contributed by atoms with Crippen molar-refractivity contribution in [2.24, 2.45) is 0 Å². The van der Waals surface area contributed by atoms with E-state index in [1.807, 2.05) is 24.3 Å². The van der Waals surface area contributed by atoms with Crippen LogP contribution >= 0.6 is 22.6 Å². The van der Waals surface area contributed by atoms with Crippen molar-refractivity contribution in [1.82, 2.24) is 9.80 Å². The van der Waals surface area contributed by atoms with Crippen molar-refractivity contribution >= 4 is 40.0 Å². The van der Waals surface area contributed by atoms with E-state index in [0.717, 1.165) is 35.2 Å². The second kappa shape index (κ2) is 11.0. The Kier molecular flexibility index (Phi) is 8.31. The Morgan fingerprint density at radius 1 is 1.06 bits per heavy atom. The number of amides is 1. The van der Waals surface area contributed by atoms with E-state index in [4.69, 9.17) is 4.74 Å². The van der Waals surface area contributed by atoms with E-state index in [2.05, 4.69) is 41.3 Å². The molecular formula is C25H29IN2O4. The Balaban J connectivity index is 2.01. The third-order valence-corrected chi connectivity index (χ3v) is 6.58. The second-order valence-electron chi connectivity index (χ2n) is 7.65. The van der Waals surface area contributed by atoms with Crippen LogP contribution in [0.15, 0.2) is 54.1 Å². The summed E-state index contributed by atoms with van der Waals surface area (Å²) in [7, 11) is 1.56. The van der Waals surface area contributed by atoms with Gasteiger partial charge in [-0.05, 0) is 90.6 Å². The number of aliphatic hydroxyl groups excluding tert-OH is 1. The number of halogens is 1. The topological polar surface area (TPSA) is 70.1 Å². The van der Waals surface area contributed by atoms with Crippen molar-refractivity contribution in [2.75, 3.05) is 33.3 Å². The van der Waals surface area contributed by atoms with E-state index in [-0.39, 0.29) is 11.3 Å². The number of Topliss-reactive ketones (excluding diaryl/α,β-unsaturated/α-hetero) is 1. The van der Waals surface area contributed by atoms with Gasteiger partial charge in [-0.1, -0.05) is 26.0 Å². The maximum Gasteiger partial charge on any atom is 0.295 e. The number of aliphatic hydroxyl groups is 1. The molecule has 0 radical (unpaired) electrons. The largest absolute Gasteiger partial charge is 0.507 e. The highest BCUT2D eigenvalue weighted by Crippen LogP contribution is 2.39. The summed E-state index contributed by atoms with van der Waals surface area (Å²) < 4.78 is 6.24. The number of benzene rings is 2. The van der Waals surface area contributed by atoms with Crippen molar-refractivity contribution < 1.29 is 19.4 Å². The minimum Gasteiger partial charge on any atom is -0.507 e. The Bertz CT molecular complexity index is 982. The van der Waals surface area contributed by atoms with E-state index < -0.39 is 17.7 Å². The van der Waals surface area contributed by atoms with Crippen molar-refractivity contribution in [3.8, 4) is 5.75 Å². The average molecular weight is 548 g/mol. The van der Waals surface area contributed by atoms with Gasteiger partial charge in [0.2, 0.25) is 0 Å². The van der Waals surface area contributed by atoms with Gasteiger partial charge in [0.25, 0.3) is 11.7 Å². The van der Waals surface area contributed by atoms with Gasteiger partial charge in [-0.25, -0.2) is 0 Å².